The molecule has 7 nitrogen and oxygen atoms in total. The highest BCUT2D eigenvalue weighted by Crippen LogP contribution is 2.30. The Morgan fingerprint density at radius 2 is 1.83 bits per heavy atom. The van der Waals surface area contributed by atoms with E-state index < -0.39 is 5.97 Å². The molecule has 2 atom stereocenters. The molecular weight excluding hydrogens is 454 g/mol. The minimum Gasteiger partial charge on any atom is -0.489 e. The van der Waals surface area contributed by atoms with Crippen molar-refractivity contribution in [2.45, 2.75) is 38.4 Å². The summed E-state index contributed by atoms with van der Waals surface area (Å²) in [5.41, 5.74) is 4.83. The zero-order chi connectivity index (χ0) is 24.9. The average Bonchev–Trinajstić information content (AvgIpc) is 3.29. The smallest absolute Gasteiger partial charge is 0.306 e. The van der Waals surface area contributed by atoms with Crippen molar-refractivity contribution in [2.24, 2.45) is 13.0 Å². The van der Waals surface area contributed by atoms with E-state index in [-0.39, 0.29) is 12.0 Å². The first-order valence-electron chi connectivity index (χ1n) is 12.2. The van der Waals surface area contributed by atoms with Gasteiger partial charge in [0, 0.05) is 12.6 Å². The molecule has 5 rings (SSSR count). The van der Waals surface area contributed by atoms with Crippen LogP contribution in [0.2, 0.25) is 0 Å². The minimum absolute atomic E-state index is 0.0958. The Morgan fingerprint density at radius 3 is 2.61 bits per heavy atom. The predicted octanol–water partition coefficient (Wildman–Crippen LogP) is 5.75. The van der Waals surface area contributed by atoms with E-state index in [1.54, 1.807) is 17.1 Å². The Bertz CT molecular complexity index is 1320. The largest absolute Gasteiger partial charge is 0.489 e. The van der Waals surface area contributed by atoms with E-state index in [0.717, 1.165) is 53.1 Å². The van der Waals surface area contributed by atoms with Crippen LogP contribution in [0.4, 0.5) is 0 Å². The molecule has 184 valence electrons. The van der Waals surface area contributed by atoms with Crippen molar-refractivity contribution in [3.05, 3.63) is 84.8 Å². The quantitative estimate of drug-likeness (QED) is 0.343. The summed E-state index contributed by atoms with van der Waals surface area (Å²) >= 11 is 0. The molecule has 0 radical (unpaired) electrons. The van der Waals surface area contributed by atoms with E-state index >= 15 is 0 Å². The Morgan fingerprint density at radius 1 is 1.00 bits per heavy atom. The molecule has 2 aromatic heterocycles. The van der Waals surface area contributed by atoms with Crippen LogP contribution in [0.1, 0.15) is 31.4 Å². The number of aromatic nitrogens is 3. The number of aryl methyl sites for hydroxylation is 1. The first kappa shape index (κ1) is 23.6. The van der Waals surface area contributed by atoms with E-state index in [4.69, 9.17) is 9.47 Å². The standard InChI is InChI=1S/C29H29N3O4/c1-32-28(19-35-23-11-5-9-21(15-23)20-7-3-2-4-8-20)26(18-31-32)27-14-13-25(17-30-27)36-24-12-6-10-22(16-24)29(33)34/h2-5,7-9,11,13-15,17-18,22,24H,6,10,12,16,19H2,1H3,(H,33,34). The highest BCUT2D eigenvalue weighted by Gasteiger charge is 2.28. The fourth-order valence-electron chi connectivity index (χ4n) is 4.67. The summed E-state index contributed by atoms with van der Waals surface area (Å²) in [6.07, 6.45) is 6.37. The number of pyridine rings is 1. The number of carboxylic acids is 1. The zero-order valence-electron chi connectivity index (χ0n) is 20.2. The van der Waals surface area contributed by atoms with Gasteiger partial charge < -0.3 is 14.6 Å². The Labute approximate surface area is 210 Å². The number of rotatable bonds is 8. The highest BCUT2D eigenvalue weighted by atomic mass is 16.5. The monoisotopic (exact) mass is 483 g/mol. The summed E-state index contributed by atoms with van der Waals surface area (Å²) in [6, 6.07) is 22.1. The maximum Gasteiger partial charge on any atom is 0.306 e. The first-order chi connectivity index (χ1) is 17.6. The maximum absolute atomic E-state index is 11.3. The molecule has 0 saturated heterocycles. The number of nitrogens with zero attached hydrogens (tertiary/aromatic N) is 3. The summed E-state index contributed by atoms with van der Waals surface area (Å²) < 4.78 is 14.0. The molecule has 2 heterocycles. The van der Waals surface area contributed by atoms with Crippen LogP contribution in [0.5, 0.6) is 11.5 Å². The van der Waals surface area contributed by atoms with Gasteiger partial charge in [-0.25, -0.2) is 0 Å². The number of carbonyl (C=O) groups is 1. The molecule has 4 aromatic rings. The lowest BCUT2D eigenvalue weighted by molar-refractivity contribution is -0.143. The van der Waals surface area contributed by atoms with Gasteiger partial charge in [0.1, 0.15) is 18.1 Å². The van der Waals surface area contributed by atoms with Crippen LogP contribution in [0.3, 0.4) is 0 Å². The second kappa shape index (κ2) is 10.6. The second-order valence-electron chi connectivity index (χ2n) is 9.13. The Balaban J connectivity index is 1.26. The normalized spacial score (nSPS) is 17.5. The van der Waals surface area contributed by atoms with Crippen molar-refractivity contribution in [2.75, 3.05) is 0 Å². The molecule has 0 amide bonds. The summed E-state index contributed by atoms with van der Waals surface area (Å²) in [5.74, 6) is 0.360. The maximum atomic E-state index is 11.3. The lowest BCUT2D eigenvalue weighted by Crippen LogP contribution is -2.29. The molecule has 1 aliphatic rings. The van der Waals surface area contributed by atoms with Gasteiger partial charge in [-0.1, -0.05) is 42.5 Å². The molecule has 1 N–H and O–H groups in total. The highest BCUT2D eigenvalue weighted by molar-refractivity contribution is 5.70. The fraction of sp³-hybridized carbons (Fsp3) is 0.276. The summed E-state index contributed by atoms with van der Waals surface area (Å²) in [4.78, 5) is 15.9. The molecule has 36 heavy (non-hydrogen) atoms. The Kier molecular flexibility index (Phi) is 6.98. The van der Waals surface area contributed by atoms with E-state index in [1.807, 2.05) is 55.6 Å². The predicted molar refractivity (Wildman–Crippen MR) is 137 cm³/mol. The molecule has 0 bridgehead atoms. The van der Waals surface area contributed by atoms with Crippen LogP contribution in [0.25, 0.3) is 22.4 Å². The summed E-state index contributed by atoms with van der Waals surface area (Å²) in [7, 11) is 1.89. The minimum atomic E-state index is -0.741. The van der Waals surface area contributed by atoms with Crippen molar-refractivity contribution >= 4 is 5.97 Å². The second-order valence-corrected chi connectivity index (χ2v) is 9.13. The number of benzene rings is 2. The summed E-state index contributed by atoms with van der Waals surface area (Å²) in [6.45, 7) is 0.350. The summed E-state index contributed by atoms with van der Waals surface area (Å²) in [5, 5.41) is 13.7. The number of carboxylic acid groups (broad SMARTS) is 1. The van der Waals surface area contributed by atoms with Gasteiger partial charge in [-0.3, -0.25) is 14.5 Å². The van der Waals surface area contributed by atoms with Crippen LogP contribution >= 0.6 is 0 Å². The molecule has 0 aliphatic heterocycles. The molecular formula is C29H29N3O4. The molecule has 1 saturated carbocycles. The average molecular weight is 484 g/mol. The Hall–Kier alpha value is -4.13. The molecule has 2 unspecified atom stereocenters. The number of hydrogen-bond donors (Lipinski definition) is 1. The topological polar surface area (TPSA) is 86.5 Å². The van der Waals surface area contributed by atoms with E-state index in [2.05, 4.69) is 28.3 Å². The van der Waals surface area contributed by atoms with Gasteiger partial charge in [0.05, 0.1) is 35.8 Å². The van der Waals surface area contributed by atoms with Crippen molar-refractivity contribution in [1.29, 1.82) is 0 Å². The number of ether oxygens (including phenoxy) is 2. The third kappa shape index (κ3) is 5.40. The third-order valence-corrected chi connectivity index (χ3v) is 6.67. The molecule has 1 fully saturated rings. The van der Waals surface area contributed by atoms with E-state index in [0.29, 0.717) is 18.8 Å². The van der Waals surface area contributed by atoms with Gasteiger partial charge in [-0.15, -0.1) is 0 Å². The van der Waals surface area contributed by atoms with Crippen LogP contribution < -0.4 is 9.47 Å². The van der Waals surface area contributed by atoms with Gasteiger partial charge in [0.25, 0.3) is 0 Å². The lowest BCUT2D eigenvalue weighted by Gasteiger charge is -2.27. The van der Waals surface area contributed by atoms with E-state index in [9.17, 15) is 9.90 Å². The third-order valence-electron chi connectivity index (χ3n) is 6.67. The molecule has 1 aliphatic carbocycles. The van der Waals surface area contributed by atoms with Gasteiger partial charge in [0.15, 0.2) is 0 Å². The number of hydrogen-bond acceptors (Lipinski definition) is 5. The van der Waals surface area contributed by atoms with Crippen LogP contribution in [0, 0.1) is 5.92 Å². The van der Waals surface area contributed by atoms with Crippen LogP contribution in [0.15, 0.2) is 79.1 Å². The zero-order valence-corrected chi connectivity index (χ0v) is 20.2. The SMILES string of the molecule is Cn1ncc(-c2ccc(OC3CCCC(C(=O)O)C3)cn2)c1COc1cccc(-c2ccccc2)c1. The lowest BCUT2D eigenvalue weighted by atomic mass is 9.87. The van der Waals surface area contributed by atoms with Crippen molar-refractivity contribution in [3.8, 4) is 33.9 Å². The van der Waals surface area contributed by atoms with Crippen molar-refractivity contribution in [1.82, 2.24) is 14.8 Å². The van der Waals surface area contributed by atoms with Gasteiger partial charge in [0.2, 0.25) is 0 Å². The van der Waals surface area contributed by atoms with Gasteiger partial charge in [-0.05, 0) is 61.1 Å². The first-order valence-corrected chi connectivity index (χ1v) is 12.2. The van der Waals surface area contributed by atoms with Crippen molar-refractivity contribution < 1.29 is 19.4 Å². The van der Waals surface area contributed by atoms with Gasteiger partial charge in [-0.2, -0.15) is 5.10 Å². The van der Waals surface area contributed by atoms with Crippen molar-refractivity contribution in [3.63, 3.8) is 0 Å². The van der Waals surface area contributed by atoms with Crippen LogP contribution in [-0.2, 0) is 18.4 Å². The number of aliphatic carboxylic acids is 1. The van der Waals surface area contributed by atoms with Crippen LogP contribution in [-0.4, -0.2) is 31.9 Å². The molecule has 7 heteroatoms. The molecule has 2 aromatic carbocycles. The molecule has 0 spiro atoms. The fourth-order valence-corrected chi connectivity index (χ4v) is 4.67. The van der Waals surface area contributed by atoms with E-state index in [1.165, 1.54) is 0 Å². The van der Waals surface area contributed by atoms with Gasteiger partial charge >= 0.3 is 5.97 Å².